The van der Waals surface area contributed by atoms with Crippen LogP contribution in [0.3, 0.4) is 0 Å². The third-order valence-corrected chi connectivity index (χ3v) is 4.98. The van der Waals surface area contributed by atoms with Crippen molar-refractivity contribution >= 4 is 23.0 Å². The van der Waals surface area contributed by atoms with Crippen molar-refractivity contribution in [2.45, 2.75) is 24.4 Å². The van der Waals surface area contributed by atoms with Gasteiger partial charge in [0.1, 0.15) is 6.17 Å². The number of aromatic nitrogens is 1. The Bertz CT molecular complexity index is 849. The maximum Gasteiger partial charge on any atom is 0.235 e. The minimum Gasteiger partial charge on any atom is -0.360 e. The van der Waals surface area contributed by atoms with Gasteiger partial charge in [-0.25, -0.2) is 0 Å². The van der Waals surface area contributed by atoms with Gasteiger partial charge in [0.2, 0.25) is 5.91 Å². The SMILES string of the molecule is C=CCC1(CC=C)C(=O)Nc2cc3c(cc21)NC(c1ccncc1)N3. The summed E-state index contributed by atoms with van der Waals surface area (Å²) in [7, 11) is 0. The van der Waals surface area contributed by atoms with Crippen LogP contribution in [0.2, 0.25) is 0 Å². The fraction of sp³-hybridized carbons (Fsp3) is 0.200. The lowest BCUT2D eigenvalue weighted by Crippen LogP contribution is -2.33. The third kappa shape index (κ3) is 2.31. The molecule has 3 N–H and O–H groups in total. The van der Waals surface area contributed by atoms with Gasteiger partial charge in [0, 0.05) is 18.1 Å². The van der Waals surface area contributed by atoms with Crippen LogP contribution in [0.4, 0.5) is 17.1 Å². The zero-order valence-corrected chi connectivity index (χ0v) is 13.9. The van der Waals surface area contributed by atoms with Crippen molar-refractivity contribution in [2.24, 2.45) is 0 Å². The van der Waals surface area contributed by atoms with Crippen LogP contribution in [-0.4, -0.2) is 10.9 Å². The fourth-order valence-electron chi connectivity index (χ4n) is 3.75. The molecular weight excluding hydrogens is 312 g/mol. The Kier molecular flexibility index (Phi) is 3.57. The first-order valence-electron chi connectivity index (χ1n) is 8.33. The predicted molar refractivity (Wildman–Crippen MR) is 101 cm³/mol. The molecule has 1 aromatic carbocycles. The van der Waals surface area contributed by atoms with Gasteiger partial charge >= 0.3 is 0 Å². The van der Waals surface area contributed by atoms with E-state index in [2.05, 4.69) is 40.2 Å². The summed E-state index contributed by atoms with van der Waals surface area (Å²) in [5, 5.41) is 9.97. The number of carbonyl (C=O) groups excluding carboxylic acids is 1. The van der Waals surface area contributed by atoms with E-state index in [0.717, 1.165) is 28.2 Å². The maximum absolute atomic E-state index is 12.7. The molecule has 0 spiro atoms. The van der Waals surface area contributed by atoms with Crippen molar-refractivity contribution in [1.29, 1.82) is 0 Å². The Morgan fingerprint density at radius 2 is 1.68 bits per heavy atom. The van der Waals surface area contributed by atoms with Gasteiger partial charge < -0.3 is 16.0 Å². The van der Waals surface area contributed by atoms with Crippen molar-refractivity contribution < 1.29 is 4.79 Å². The number of pyridine rings is 1. The molecule has 5 nitrogen and oxygen atoms in total. The minimum atomic E-state index is -0.621. The van der Waals surface area contributed by atoms with E-state index in [1.165, 1.54) is 0 Å². The highest BCUT2D eigenvalue weighted by Gasteiger charge is 2.45. The normalized spacial score (nSPS) is 19.2. The number of amides is 1. The lowest BCUT2D eigenvalue weighted by Gasteiger charge is -2.24. The molecule has 1 aromatic heterocycles. The van der Waals surface area contributed by atoms with E-state index in [1.807, 2.05) is 18.2 Å². The second-order valence-electron chi connectivity index (χ2n) is 6.47. The zero-order chi connectivity index (χ0) is 17.4. The van der Waals surface area contributed by atoms with Crippen molar-refractivity contribution in [3.8, 4) is 0 Å². The molecule has 4 rings (SSSR count). The molecule has 0 radical (unpaired) electrons. The largest absolute Gasteiger partial charge is 0.360 e. The Hall–Kier alpha value is -3.08. The van der Waals surface area contributed by atoms with Crippen LogP contribution in [0.15, 0.2) is 62.0 Å². The summed E-state index contributed by atoms with van der Waals surface area (Å²) < 4.78 is 0. The summed E-state index contributed by atoms with van der Waals surface area (Å²) in [4.78, 5) is 16.8. The molecule has 1 amide bonds. The quantitative estimate of drug-likeness (QED) is 0.725. The topological polar surface area (TPSA) is 66.0 Å². The standard InChI is InChI=1S/C20H20N4O/c1-3-7-20(8-4-2)14-11-16-17(12-15(14)24-19(20)25)23-18(22-16)13-5-9-21-10-6-13/h3-6,9-12,18,22-23H,1-2,7-8H2,(H,24,25). The summed E-state index contributed by atoms with van der Waals surface area (Å²) in [5.41, 5.74) is 4.32. The van der Waals surface area contributed by atoms with Crippen LogP contribution < -0.4 is 16.0 Å². The van der Waals surface area contributed by atoms with E-state index in [1.54, 1.807) is 24.5 Å². The average molecular weight is 332 g/mol. The molecule has 0 saturated carbocycles. The molecule has 5 heteroatoms. The number of nitrogens with one attached hydrogen (secondary N) is 3. The number of hydrogen-bond acceptors (Lipinski definition) is 4. The van der Waals surface area contributed by atoms with Gasteiger partial charge in [-0.1, -0.05) is 12.2 Å². The molecule has 2 aliphatic rings. The van der Waals surface area contributed by atoms with Crippen LogP contribution in [0.25, 0.3) is 0 Å². The van der Waals surface area contributed by atoms with E-state index in [4.69, 9.17) is 0 Å². The molecule has 0 fully saturated rings. The number of fused-ring (bicyclic) bond motifs is 2. The molecule has 3 heterocycles. The first kappa shape index (κ1) is 15.4. The third-order valence-electron chi connectivity index (χ3n) is 4.98. The van der Waals surface area contributed by atoms with Gasteiger partial charge in [-0.05, 0) is 48.2 Å². The lowest BCUT2D eigenvalue weighted by atomic mass is 9.75. The Morgan fingerprint density at radius 3 is 2.32 bits per heavy atom. The van der Waals surface area contributed by atoms with Crippen LogP contribution in [0.1, 0.15) is 30.1 Å². The highest BCUT2D eigenvalue weighted by atomic mass is 16.2. The van der Waals surface area contributed by atoms with Gasteiger partial charge in [-0.3, -0.25) is 9.78 Å². The highest BCUT2D eigenvalue weighted by molar-refractivity contribution is 6.08. The van der Waals surface area contributed by atoms with E-state index in [9.17, 15) is 4.79 Å². The van der Waals surface area contributed by atoms with Crippen LogP contribution in [0.5, 0.6) is 0 Å². The van der Waals surface area contributed by atoms with Crippen molar-refractivity contribution in [2.75, 3.05) is 16.0 Å². The van der Waals surface area contributed by atoms with Crippen LogP contribution in [0, 0.1) is 0 Å². The Labute approximate surface area is 146 Å². The van der Waals surface area contributed by atoms with Gasteiger partial charge in [-0.2, -0.15) is 0 Å². The monoisotopic (exact) mass is 332 g/mol. The summed E-state index contributed by atoms with van der Waals surface area (Å²) >= 11 is 0. The molecule has 126 valence electrons. The number of benzene rings is 1. The smallest absolute Gasteiger partial charge is 0.235 e. The van der Waals surface area contributed by atoms with Crippen LogP contribution in [-0.2, 0) is 10.2 Å². The summed E-state index contributed by atoms with van der Waals surface area (Å²) in [6.07, 6.45) is 8.32. The van der Waals surface area contributed by atoms with Gasteiger partial charge in [0.15, 0.2) is 0 Å². The summed E-state index contributed by atoms with van der Waals surface area (Å²) in [6, 6.07) is 8.03. The van der Waals surface area contributed by atoms with Crippen molar-refractivity contribution in [1.82, 2.24) is 4.98 Å². The zero-order valence-electron chi connectivity index (χ0n) is 13.9. The van der Waals surface area contributed by atoms with Crippen LogP contribution >= 0.6 is 0 Å². The fourth-order valence-corrected chi connectivity index (χ4v) is 3.75. The van der Waals surface area contributed by atoms with E-state index < -0.39 is 5.41 Å². The molecule has 2 aliphatic heterocycles. The van der Waals surface area contributed by atoms with E-state index in [-0.39, 0.29) is 12.1 Å². The first-order valence-corrected chi connectivity index (χ1v) is 8.33. The van der Waals surface area contributed by atoms with Crippen molar-refractivity contribution in [3.05, 3.63) is 73.1 Å². The predicted octanol–water partition coefficient (Wildman–Crippen LogP) is 3.96. The number of nitrogens with zero attached hydrogens (tertiary/aromatic N) is 1. The Morgan fingerprint density at radius 1 is 1.04 bits per heavy atom. The summed E-state index contributed by atoms with van der Waals surface area (Å²) in [6.45, 7) is 7.67. The van der Waals surface area contributed by atoms with Crippen molar-refractivity contribution in [3.63, 3.8) is 0 Å². The lowest BCUT2D eigenvalue weighted by molar-refractivity contribution is -0.120. The number of hydrogen-bond donors (Lipinski definition) is 3. The van der Waals surface area contributed by atoms with Gasteiger partial charge in [0.05, 0.1) is 16.8 Å². The second kappa shape index (κ2) is 5.77. The number of anilines is 3. The molecule has 1 unspecified atom stereocenters. The Balaban J connectivity index is 1.73. The van der Waals surface area contributed by atoms with E-state index >= 15 is 0 Å². The molecule has 2 aromatic rings. The van der Waals surface area contributed by atoms with Gasteiger partial charge in [0.25, 0.3) is 0 Å². The number of allylic oxidation sites excluding steroid dienone is 2. The molecule has 25 heavy (non-hydrogen) atoms. The molecule has 1 atom stereocenters. The molecule has 0 saturated heterocycles. The second-order valence-corrected chi connectivity index (χ2v) is 6.47. The summed E-state index contributed by atoms with van der Waals surface area (Å²) in [5.74, 6) is 0.0108. The highest BCUT2D eigenvalue weighted by Crippen LogP contribution is 2.48. The molecule has 0 aliphatic carbocycles. The number of carbonyl (C=O) groups is 1. The average Bonchev–Trinajstić information content (AvgIpc) is 3.14. The van der Waals surface area contributed by atoms with Gasteiger partial charge in [-0.15, -0.1) is 13.2 Å². The molecular formula is C20H20N4O. The van der Waals surface area contributed by atoms with E-state index in [0.29, 0.717) is 12.8 Å². The maximum atomic E-state index is 12.7. The molecule has 0 bridgehead atoms. The minimum absolute atomic E-state index is 0.00978. The first-order chi connectivity index (χ1) is 12.2. The number of rotatable bonds is 5.